The lowest BCUT2D eigenvalue weighted by Gasteiger charge is -2.35. The van der Waals surface area contributed by atoms with Gasteiger partial charge in [0.15, 0.2) is 5.96 Å². The van der Waals surface area contributed by atoms with Crippen molar-refractivity contribution >= 4 is 29.9 Å². The summed E-state index contributed by atoms with van der Waals surface area (Å²) in [7, 11) is 3.68. The minimum atomic E-state index is 0. The van der Waals surface area contributed by atoms with E-state index in [4.69, 9.17) is 4.74 Å². The third-order valence-corrected chi connectivity index (χ3v) is 6.36. The van der Waals surface area contributed by atoms with Crippen LogP contribution in [0.5, 0.6) is 0 Å². The quantitative estimate of drug-likeness (QED) is 0.317. The van der Waals surface area contributed by atoms with Gasteiger partial charge in [0.1, 0.15) is 0 Å². The van der Waals surface area contributed by atoms with Gasteiger partial charge in [0.2, 0.25) is 0 Å². The number of likely N-dealkylation sites (tertiary alicyclic amines) is 1. The Hall–Kier alpha value is -0.0800. The largest absolute Gasteiger partial charge is 0.385 e. The van der Waals surface area contributed by atoms with Gasteiger partial charge in [-0.2, -0.15) is 0 Å². The number of halogens is 1. The molecule has 0 aromatic rings. The SMILES string of the molecule is CN=C(NCC(C)N1CCC(C)CC1)NCC1(CCOC)CCCC1.I. The Balaban J connectivity index is 0.00000338. The van der Waals surface area contributed by atoms with E-state index in [1.807, 2.05) is 7.05 Å². The summed E-state index contributed by atoms with van der Waals surface area (Å²) in [6.07, 6.45) is 9.13. The summed E-state index contributed by atoms with van der Waals surface area (Å²) in [4.78, 5) is 7.04. The topological polar surface area (TPSA) is 48.9 Å². The van der Waals surface area contributed by atoms with Gasteiger partial charge >= 0.3 is 0 Å². The van der Waals surface area contributed by atoms with E-state index in [9.17, 15) is 0 Å². The predicted octanol–water partition coefficient (Wildman–Crippen LogP) is 3.49. The standard InChI is InChI=1S/C20H40N4O.HI/c1-17-7-12-24(13-8-17)18(2)15-22-19(21-3)23-16-20(11-14-25-4)9-5-6-10-20;/h17-18H,5-16H2,1-4H3,(H2,21,22,23);1H. The minimum Gasteiger partial charge on any atom is -0.385 e. The number of ether oxygens (including phenoxy) is 1. The van der Waals surface area contributed by atoms with Crippen molar-refractivity contribution in [3.63, 3.8) is 0 Å². The highest BCUT2D eigenvalue weighted by atomic mass is 127. The first kappa shape index (κ1) is 24.0. The number of nitrogens with zero attached hydrogens (tertiary/aromatic N) is 2. The number of rotatable bonds is 8. The molecule has 2 fully saturated rings. The van der Waals surface area contributed by atoms with Gasteiger partial charge in [0, 0.05) is 39.9 Å². The van der Waals surface area contributed by atoms with Crippen LogP contribution in [-0.4, -0.2) is 63.8 Å². The molecule has 2 rings (SSSR count). The van der Waals surface area contributed by atoms with Gasteiger partial charge in [-0.3, -0.25) is 9.89 Å². The van der Waals surface area contributed by atoms with Crippen molar-refractivity contribution in [2.75, 3.05) is 46.9 Å². The van der Waals surface area contributed by atoms with Crippen LogP contribution in [0, 0.1) is 11.3 Å². The maximum absolute atomic E-state index is 5.34. The van der Waals surface area contributed by atoms with Crippen molar-refractivity contribution in [3.05, 3.63) is 0 Å². The molecule has 1 saturated carbocycles. The summed E-state index contributed by atoms with van der Waals surface area (Å²) in [5.74, 6) is 1.83. The molecule has 154 valence electrons. The number of nitrogens with one attached hydrogen (secondary N) is 2. The van der Waals surface area contributed by atoms with E-state index in [0.717, 1.165) is 38.0 Å². The Morgan fingerprint density at radius 2 is 1.88 bits per heavy atom. The van der Waals surface area contributed by atoms with Crippen LogP contribution in [0.2, 0.25) is 0 Å². The van der Waals surface area contributed by atoms with Crippen LogP contribution in [0.15, 0.2) is 4.99 Å². The van der Waals surface area contributed by atoms with Crippen molar-refractivity contribution in [1.29, 1.82) is 0 Å². The first-order valence-electron chi connectivity index (χ1n) is 10.3. The van der Waals surface area contributed by atoms with E-state index < -0.39 is 0 Å². The second-order valence-electron chi connectivity index (χ2n) is 8.32. The van der Waals surface area contributed by atoms with Gasteiger partial charge in [-0.1, -0.05) is 19.8 Å². The second kappa shape index (κ2) is 12.4. The van der Waals surface area contributed by atoms with Crippen LogP contribution in [0.25, 0.3) is 0 Å². The van der Waals surface area contributed by atoms with E-state index in [-0.39, 0.29) is 24.0 Å². The number of piperidine rings is 1. The van der Waals surface area contributed by atoms with E-state index in [1.54, 1.807) is 7.11 Å². The van der Waals surface area contributed by atoms with Crippen LogP contribution in [-0.2, 0) is 4.74 Å². The zero-order chi connectivity index (χ0) is 18.1. The zero-order valence-corrected chi connectivity index (χ0v) is 19.7. The summed E-state index contributed by atoms with van der Waals surface area (Å²) in [6.45, 7) is 9.98. The van der Waals surface area contributed by atoms with Crippen molar-refractivity contribution in [1.82, 2.24) is 15.5 Å². The Bertz CT molecular complexity index is 405. The van der Waals surface area contributed by atoms with Gasteiger partial charge < -0.3 is 15.4 Å². The third-order valence-electron chi connectivity index (χ3n) is 6.36. The molecular formula is C20H41IN4O. The number of guanidine groups is 1. The smallest absolute Gasteiger partial charge is 0.191 e. The van der Waals surface area contributed by atoms with Crippen molar-refractivity contribution in [2.24, 2.45) is 16.3 Å². The molecule has 2 aliphatic rings. The molecule has 0 bridgehead atoms. The fraction of sp³-hybridized carbons (Fsp3) is 0.950. The summed E-state index contributed by atoms with van der Waals surface area (Å²) in [5, 5.41) is 7.13. The minimum absolute atomic E-state index is 0. The van der Waals surface area contributed by atoms with E-state index in [1.165, 1.54) is 51.6 Å². The fourth-order valence-electron chi connectivity index (χ4n) is 4.29. The lowest BCUT2D eigenvalue weighted by Crippen LogP contribution is -2.49. The molecular weight excluding hydrogens is 439 g/mol. The molecule has 6 heteroatoms. The van der Waals surface area contributed by atoms with Crippen LogP contribution < -0.4 is 10.6 Å². The lowest BCUT2D eigenvalue weighted by molar-refractivity contribution is 0.138. The first-order chi connectivity index (χ1) is 12.1. The normalized spacial score (nSPS) is 22.7. The van der Waals surface area contributed by atoms with Crippen LogP contribution in [0.3, 0.4) is 0 Å². The first-order valence-corrected chi connectivity index (χ1v) is 10.3. The number of aliphatic imine (C=N–C) groups is 1. The maximum Gasteiger partial charge on any atom is 0.191 e. The molecule has 0 aromatic heterocycles. The molecule has 0 aromatic carbocycles. The van der Waals surface area contributed by atoms with Crippen molar-refractivity contribution < 1.29 is 4.74 Å². The summed E-state index contributed by atoms with van der Waals surface area (Å²) >= 11 is 0. The van der Waals surface area contributed by atoms with E-state index in [2.05, 4.69) is 34.4 Å². The highest BCUT2D eigenvalue weighted by Crippen LogP contribution is 2.40. The molecule has 1 heterocycles. The van der Waals surface area contributed by atoms with Crippen molar-refractivity contribution in [3.8, 4) is 0 Å². The van der Waals surface area contributed by atoms with Gasteiger partial charge in [-0.25, -0.2) is 0 Å². The molecule has 1 unspecified atom stereocenters. The molecule has 5 nitrogen and oxygen atoms in total. The Kier molecular flexibility index (Phi) is 11.4. The Morgan fingerprint density at radius 1 is 1.23 bits per heavy atom. The van der Waals surface area contributed by atoms with E-state index in [0.29, 0.717) is 11.5 Å². The summed E-state index contributed by atoms with van der Waals surface area (Å²) < 4.78 is 5.34. The highest BCUT2D eigenvalue weighted by Gasteiger charge is 2.33. The molecule has 0 radical (unpaired) electrons. The number of hydrogen-bond donors (Lipinski definition) is 2. The second-order valence-corrected chi connectivity index (χ2v) is 8.32. The van der Waals surface area contributed by atoms with Crippen LogP contribution in [0.1, 0.15) is 58.8 Å². The Labute approximate surface area is 178 Å². The molecule has 0 spiro atoms. The summed E-state index contributed by atoms with van der Waals surface area (Å²) in [5.41, 5.74) is 0.391. The van der Waals surface area contributed by atoms with Crippen LogP contribution >= 0.6 is 24.0 Å². The average Bonchev–Trinajstić information content (AvgIpc) is 3.09. The predicted molar refractivity (Wildman–Crippen MR) is 122 cm³/mol. The highest BCUT2D eigenvalue weighted by molar-refractivity contribution is 14.0. The zero-order valence-electron chi connectivity index (χ0n) is 17.4. The Morgan fingerprint density at radius 3 is 2.46 bits per heavy atom. The van der Waals surface area contributed by atoms with Gasteiger partial charge in [-0.15, -0.1) is 24.0 Å². The monoisotopic (exact) mass is 480 g/mol. The maximum atomic E-state index is 5.34. The number of hydrogen-bond acceptors (Lipinski definition) is 3. The molecule has 1 aliphatic heterocycles. The molecule has 0 amide bonds. The average molecular weight is 480 g/mol. The van der Waals surface area contributed by atoms with Crippen molar-refractivity contribution in [2.45, 2.75) is 64.8 Å². The lowest BCUT2D eigenvalue weighted by atomic mass is 9.83. The van der Waals surface area contributed by atoms with Gasteiger partial charge in [-0.05, 0) is 63.5 Å². The van der Waals surface area contributed by atoms with E-state index >= 15 is 0 Å². The number of methoxy groups -OCH3 is 1. The van der Waals surface area contributed by atoms with Crippen LogP contribution in [0.4, 0.5) is 0 Å². The van der Waals surface area contributed by atoms with Gasteiger partial charge in [0.05, 0.1) is 0 Å². The molecule has 26 heavy (non-hydrogen) atoms. The molecule has 2 N–H and O–H groups in total. The molecule has 1 aliphatic carbocycles. The van der Waals surface area contributed by atoms with Gasteiger partial charge in [0.25, 0.3) is 0 Å². The molecule has 1 saturated heterocycles. The third kappa shape index (κ3) is 7.50. The molecule has 1 atom stereocenters. The summed E-state index contributed by atoms with van der Waals surface area (Å²) in [6, 6.07) is 0.556. The fourth-order valence-corrected chi connectivity index (χ4v) is 4.29.